The average Bonchev–Trinajstić information content (AvgIpc) is 3.02. The number of nitrogens with two attached hydrogens (primary N) is 1. The van der Waals surface area contributed by atoms with Crippen molar-refractivity contribution in [1.82, 2.24) is 15.1 Å². The molecule has 0 aliphatic carbocycles. The first kappa shape index (κ1) is 11.0. The van der Waals surface area contributed by atoms with Crippen LogP contribution >= 0.6 is 0 Å². The number of hydrogen-bond acceptors (Lipinski definition) is 4. The van der Waals surface area contributed by atoms with Gasteiger partial charge in [-0.25, -0.2) is 0 Å². The Morgan fingerprint density at radius 2 is 2.17 bits per heavy atom. The molecule has 5 nitrogen and oxygen atoms in total. The zero-order valence-corrected chi connectivity index (χ0v) is 9.89. The first-order valence-corrected chi connectivity index (χ1v) is 5.97. The van der Waals surface area contributed by atoms with E-state index in [1.165, 1.54) is 0 Å². The lowest BCUT2D eigenvalue weighted by Crippen LogP contribution is -2.00. The highest BCUT2D eigenvalue weighted by Crippen LogP contribution is 2.26. The number of hydrogen-bond donors (Lipinski definition) is 2. The molecule has 18 heavy (non-hydrogen) atoms. The lowest BCUT2D eigenvalue weighted by atomic mass is 10.2. The first-order chi connectivity index (χ1) is 8.88. The predicted molar refractivity (Wildman–Crippen MR) is 69.0 cm³/mol. The maximum atomic E-state index is 5.46. The third-order valence-electron chi connectivity index (χ3n) is 2.89. The highest BCUT2D eigenvalue weighted by Gasteiger charge is 2.12. The summed E-state index contributed by atoms with van der Waals surface area (Å²) in [7, 11) is 0. The standard InChI is InChI=1S/C13H14N4O/c14-7-3-6-12-16-13(17-18-12)10-8-15-11-5-2-1-4-9(10)11/h1-2,4-5,8,15H,3,6-7,14H2. The van der Waals surface area contributed by atoms with Gasteiger partial charge in [0.1, 0.15) is 0 Å². The molecule has 0 unspecified atom stereocenters. The van der Waals surface area contributed by atoms with Crippen molar-refractivity contribution in [2.24, 2.45) is 5.73 Å². The molecule has 0 fully saturated rings. The van der Waals surface area contributed by atoms with Gasteiger partial charge in [-0.1, -0.05) is 23.4 Å². The number of aromatic nitrogens is 3. The number of nitrogens with zero attached hydrogens (tertiary/aromatic N) is 2. The SMILES string of the molecule is NCCCc1nc(-c2c[nH]c3ccccc23)no1. The monoisotopic (exact) mass is 242 g/mol. The van der Waals surface area contributed by atoms with Gasteiger partial charge in [-0.2, -0.15) is 4.98 Å². The smallest absolute Gasteiger partial charge is 0.227 e. The maximum Gasteiger partial charge on any atom is 0.227 e. The van der Waals surface area contributed by atoms with Gasteiger partial charge in [0, 0.05) is 29.1 Å². The van der Waals surface area contributed by atoms with Crippen molar-refractivity contribution in [3.05, 3.63) is 36.4 Å². The molecular formula is C13H14N4O. The van der Waals surface area contributed by atoms with Gasteiger partial charge in [-0.3, -0.25) is 0 Å². The van der Waals surface area contributed by atoms with Gasteiger partial charge in [-0.05, 0) is 19.0 Å². The number of fused-ring (bicyclic) bond motifs is 1. The number of H-pyrrole nitrogens is 1. The van der Waals surface area contributed by atoms with Gasteiger partial charge >= 0.3 is 0 Å². The molecule has 0 spiro atoms. The zero-order chi connectivity index (χ0) is 12.4. The van der Waals surface area contributed by atoms with E-state index in [2.05, 4.69) is 15.1 Å². The Morgan fingerprint density at radius 3 is 3.06 bits per heavy atom. The van der Waals surface area contributed by atoms with E-state index in [-0.39, 0.29) is 0 Å². The minimum atomic E-state index is 0.625. The fourth-order valence-electron chi connectivity index (χ4n) is 1.98. The van der Waals surface area contributed by atoms with E-state index in [0.29, 0.717) is 18.3 Å². The summed E-state index contributed by atoms with van der Waals surface area (Å²) in [5, 5.41) is 5.12. The molecule has 0 amide bonds. The molecule has 0 aliphatic rings. The number of aryl methyl sites for hydroxylation is 1. The summed E-state index contributed by atoms with van der Waals surface area (Å²) >= 11 is 0. The lowest BCUT2D eigenvalue weighted by molar-refractivity contribution is 0.376. The van der Waals surface area contributed by atoms with Crippen LogP contribution in [-0.2, 0) is 6.42 Å². The van der Waals surface area contributed by atoms with Gasteiger partial charge in [0.15, 0.2) is 0 Å². The molecule has 0 bridgehead atoms. The summed E-state index contributed by atoms with van der Waals surface area (Å²) in [6, 6.07) is 8.05. The van der Waals surface area contributed by atoms with Crippen LogP contribution in [0, 0.1) is 0 Å². The third-order valence-corrected chi connectivity index (χ3v) is 2.89. The van der Waals surface area contributed by atoms with Gasteiger partial charge in [-0.15, -0.1) is 0 Å². The van der Waals surface area contributed by atoms with Crippen molar-refractivity contribution < 1.29 is 4.52 Å². The Kier molecular flexibility index (Phi) is 2.82. The predicted octanol–water partition coefficient (Wildman–Crippen LogP) is 2.11. The molecule has 2 heterocycles. The summed E-state index contributed by atoms with van der Waals surface area (Å²) in [6.45, 7) is 0.630. The van der Waals surface area contributed by atoms with Crippen LogP contribution in [0.4, 0.5) is 0 Å². The number of para-hydroxylation sites is 1. The molecule has 2 aromatic heterocycles. The first-order valence-electron chi connectivity index (χ1n) is 5.97. The minimum Gasteiger partial charge on any atom is -0.360 e. The van der Waals surface area contributed by atoms with E-state index in [9.17, 15) is 0 Å². The second-order valence-corrected chi connectivity index (χ2v) is 4.15. The van der Waals surface area contributed by atoms with Crippen LogP contribution in [0.3, 0.4) is 0 Å². The second kappa shape index (κ2) is 4.62. The molecule has 3 N–H and O–H groups in total. The highest BCUT2D eigenvalue weighted by atomic mass is 16.5. The van der Waals surface area contributed by atoms with E-state index < -0.39 is 0 Å². The van der Waals surface area contributed by atoms with Crippen molar-refractivity contribution in [3.63, 3.8) is 0 Å². The summed E-state index contributed by atoms with van der Waals surface area (Å²) in [6.07, 6.45) is 3.49. The van der Waals surface area contributed by atoms with Crippen LogP contribution in [0.5, 0.6) is 0 Å². The molecule has 0 radical (unpaired) electrons. The van der Waals surface area contributed by atoms with Crippen LogP contribution < -0.4 is 5.73 Å². The quantitative estimate of drug-likeness (QED) is 0.734. The van der Waals surface area contributed by atoms with E-state index in [1.807, 2.05) is 30.5 Å². The number of nitrogens with one attached hydrogen (secondary N) is 1. The highest BCUT2D eigenvalue weighted by molar-refractivity contribution is 5.93. The Labute approximate surface area is 104 Å². The normalized spacial score (nSPS) is 11.2. The molecule has 0 aliphatic heterocycles. The van der Waals surface area contributed by atoms with Crippen LogP contribution in [0.15, 0.2) is 35.0 Å². The van der Waals surface area contributed by atoms with E-state index in [4.69, 9.17) is 10.3 Å². The topological polar surface area (TPSA) is 80.7 Å². The van der Waals surface area contributed by atoms with Crippen molar-refractivity contribution in [2.45, 2.75) is 12.8 Å². The largest absolute Gasteiger partial charge is 0.360 e. The Bertz CT molecular complexity index is 656. The molecule has 92 valence electrons. The Balaban J connectivity index is 1.96. The molecule has 3 aromatic rings. The molecule has 5 heteroatoms. The molecule has 0 atom stereocenters. The van der Waals surface area contributed by atoms with E-state index >= 15 is 0 Å². The Hall–Kier alpha value is -2.14. The van der Waals surface area contributed by atoms with E-state index in [1.54, 1.807) is 0 Å². The van der Waals surface area contributed by atoms with Gasteiger partial charge in [0.2, 0.25) is 11.7 Å². The molecule has 3 rings (SSSR count). The van der Waals surface area contributed by atoms with Gasteiger partial charge in [0.05, 0.1) is 0 Å². The number of rotatable bonds is 4. The average molecular weight is 242 g/mol. The minimum absolute atomic E-state index is 0.625. The fraction of sp³-hybridized carbons (Fsp3) is 0.231. The molecular weight excluding hydrogens is 228 g/mol. The lowest BCUT2D eigenvalue weighted by Gasteiger charge is -1.91. The summed E-state index contributed by atoms with van der Waals surface area (Å²) in [4.78, 5) is 7.58. The van der Waals surface area contributed by atoms with Crippen molar-refractivity contribution >= 4 is 10.9 Å². The van der Waals surface area contributed by atoms with Crippen molar-refractivity contribution in [2.75, 3.05) is 6.54 Å². The van der Waals surface area contributed by atoms with E-state index in [0.717, 1.165) is 29.3 Å². The number of aromatic amines is 1. The van der Waals surface area contributed by atoms with Gasteiger partial charge in [0.25, 0.3) is 0 Å². The van der Waals surface area contributed by atoms with Crippen molar-refractivity contribution in [1.29, 1.82) is 0 Å². The van der Waals surface area contributed by atoms with Gasteiger partial charge < -0.3 is 15.2 Å². The van der Waals surface area contributed by atoms with Crippen LogP contribution in [0.2, 0.25) is 0 Å². The van der Waals surface area contributed by atoms with Crippen molar-refractivity contribution in [3.8, 4) is 11.4 Å². The summed E-state index contributed by atoms with van der Waals surface area (Å²) < 4.78 is 5.21. The fourth-order valence-corrected chi connectivity index (χ4v) is 1.98. The zero-order valence-electron chi connectivity index (χ0n) is 9.89. The summed E-state index contributed by atoms with van der Waals surface area (Å²) in [5.74, 6) is 1.26. The summed E-state index contributed by atoms with van der Waals surface area (Å²) in [5.41, 5.74) is 7.49. The molecule has 0 saturated heterocycles. The van der Waals surface area contributed by atoms with Crippen LogP contribution in [-0.4, -0.2) is 21.7 Å². The maximum absolute atomic E-state index is 5.46. The Morgan fingerprint density at radius 1 is 1.28 bits per heavy atom. The van der Waals surface area contributed by atoms with Crippen LogP contribution in [0.1, 0.15) is 12.3 Å². The molecule has 1 aromatic carbocycles. The third kappa shape index (κ3) is 1.89. The molecule has 0 saturated carbocycles. The second-order valence-electron chi connectivity index (χ2n) is 4.15. The number of benzene rings is 1. The van der Waals surface area contributed by atoms with Crippen LogP contribution in [0.25, 0.3) is 22.3 Å².